The zero-order valence-corrected chi connectivity index (χ0v) is 12.2. The maximum absolute atomic E-state index is 12.0. The predicted octanol–water partition coefficient (Wildman–Crippen LogP) is 2.48. The highest BCUT2D eigenvalue weighted by Crippen LogP contribution is 2.22. The minimum Gasteiger partial charge on any atom is -0.355 e. The van der Waals surface area contributed by atoms with Crippen LogP contribution in [0.4, 0.5) is 0 Å². The van der Waals surface area contributed by atoms with E-state index >= 15 is 0 Å². The van der Waals surface area contributed by atoms with Crippen molar-refractivity contribution in [3.05, 3.63) is 41.0 Å². The molecule has 0 bridgehead atoms. The number of amides is 1. The van der Waals surface area contributed by atoms with E-state index in [9.17, 15) is 4.79 Å². The van der Waals surface area contributed by atoms with Crippen LogP contribution in [-0.2, 0) is 0 Å². The van der Waals surface area contributed by atoms with Gasteiger partial charge in [0.05, 0.1) is 0 Å². The molecular formula is C15H16ClN3O2. The van der Waals surface area contributed by atoms with Gasteiger partial charge in [-0.1, -0.05) is 16.8 Å². The first-order valence-electron chi connectivity index (χ1n) is 6.96. The van der Waals surface area contributed by atoms with Crippen LogP contribution in [0.2, 0.25) is 5.02 Å². The Hall–Kier alpha value is -1.85. The van der Waals surface area contributed by atoms with Gasteiger partial charge in [-0.05, 0) is 43.7 Å². The summed E-state index contributed by atoms with van der Waals surface area (Å²) in [6, 6.07) is 9.19. The van der Waals surface area contributed by atoms with Crippen LogP contribution in [0.5, 0.6) is 0 Å². The second-order valence-electron chi connectivity index (χ2n) is 5.09. The van der Waals surface area contributed by atoms with Crippen LogP contribution in [0.1, 0.15) is 23.3 Å². The molecular weight excluding hydrogens is 290 g/mol. The average molecular weight is 306 g/mol. The molecule has 0 aliphatic carbocycles. The van der Waals surface area contributed by atoms with Crippen molar-refractivity contribution < 1.29 is 9.32 Å². The van der Waals surface area contributed by atoms with Crippen molar-refractivity contribution in [1.82, 2.24) is 15.8 Å². The third-order valence-electron chi connectivity index (χ3n) is 3.54. The van der Waals surface area contributed by atoms with Crippen molar-refractivity contribution in [2.24, 2.45) is 0 Å². The number of carbonyl (C=O) groups excluding carboxylic acids is 1. The second-order valence-corrected chi connectivity index (χ2v) is 5.52. The molecule has 3 rings (SSSR count). The fourth-order valence-electron chi connectivity index (χ4n) is 2.37. The van der Waals surface area contributed by atoms with Gasteiger partial charge in [0.25, 0.3) is 5.91 Å². The van der Waals surface area contributed by atoms with Crippen LogP contribution < -0.4 is 10.6 Å². The number of nitrogens with one attached hydrogen (secondary N) is 2. The number of benzene rings is 1. The van der Waals surface area contributed by atoms with Gasteiger partial charge in [0.15, 0.2) is 11.5 Å². The van der Waals surface area contributed by atoms with E-state index in [0.717, 1.165) is 24.9 Å². The number of nitrogens with zero attached hydrogens (tertiary/aromatic N) is 1. The van der Waals surface area contributed by atoms with Crippen molar-refractivity contribution in [2.75, 3.05) is 13.1 Å². The average Bonchev–Trinajstić information content (AvgIpc) is 3.17. The van der Waals surface area contributed by atoms with Gasteiger partial charge in [-0.15, -0.1) is 0 Å². The Labute approximate surface area is 127 Å². The van der Waals surface area contributed by atoms with E-state index in [0.29, 0.717) is 23.4 Å². The zero-order valence-electron chi connectivity index (χ0n) is 11.4. The van der Waals surface area contributed by atoms with Crippen molar-refractivity contribution in [3.63, 3.8) is 0 Å². The zero-order chi connectivity index (χ0) is 14.7. The topological polar surface area (TPSA) is 67.2 Å². The summed E-state index contributed by atoms with van der Waals surface area (Å²) in [4.78, 5) is 12.0. The molecule has 110 valence electrons. The molecule has 1 unspecified atom stereocenters. The molecule has 1 aliphatic rings. The van der Waals surface area contributed by atoms with Gasteiger partial charge in [0, 0.05) is 29.2 Å². The molecule has 0 saturated carbocycles. The predicted molar refractivity (Wildman–Crippen MR) is 80.3 cm³/mol. The lowest BCUT2D eigenvalue weighted by Crippen LogP contribution is -2.37. The van der Waals surface area contributed by atoms with Gasteiger partial charge < -0.3 is 15.2 Å². The highest BCUT2D eigenvalue weighted by molar-refractivity contribution is 6.30. The Morgan fingerprint density at radius 3 is 2.95 bits per heavy atom. The molecule has 0 radical (unpaired) electrons. The number of hydrogen-bond acceptors (Lipinski definition) is 4. The lowest BCUT2D eigenvalue weighted by molar-refractivity contribution is 0.0941. The minimum absolute atomic E-state index is 0.215. The first kappa shape index (κ1) is 14.1. The molecule has 5 nitrogen and oxygen atoms in total. The normalized spacial score (nSPS) is 17.9. The molecule has 1 amide bonds. The van der Waals surface area contributed by atoms with E-state index in [2.05, 4.69) is 15.8 Å². The number of carbonyl (C=O) groups is 1. The Kier molecular flexibility index (Phi) is 4.22. The molecule has 6 heteroatoms. The third kappa shape index (κ3) is 3.43. The monoisotopic (exact) mass is 305 g/mol. The van der Waals surface area contributed by atoms with E-state index in [4.69, 9.17) is 16.1 Å². The molecule has 2 heterocycles. The minimum atomic E-state index is -0.215. The van der Waals surface area contributed by atoms with Crippen LogP contribution in [0.25, 0.3) is 11.3 Å². The maximum Gasteiger partial charge on any atom is 0.273 e. The third-order valence-corrected chi connectivity index (χ3v) is 3.79. The molecule has 1 aliphatic heterocycles. The molecule has 1 saturated heterocycles. The van der Waals surface area contributed by atoms with Crippen molar-refractivity contribution >= 4 is 17.5 Å². The van der Waals surface area contributed by atoms with E-state index in [1.54, 1.807) is 18.2 Å². The number of aromatic nitrogens is 1. The van der Waals surface area contributed by atoms with Crippen LogP contribution in [0.15, 0.2) is 34.9 Å². The Morgan fingerprint density at radius 1 is 1.43 bits per heavy atom. The summed E-state index contributed by atoms with van der Waals surface area (Å²) in [5, 5.41) is 10.7. The molecule has 21 heavy (non-hydrogen) atoms. The van der Waals surface area contributed by atoms with Crippen molar-refractivity contribution in [2.45, 2.75) is 18.9 Å². The highest BCUT2D eigenvalue weighted by atomic mass is 35.5. The van der Waals surface area contributed by atoms with E-state index in [-0.39, 0.29) is 11.6 Å². The largest absolute Gasteiger partial charge is 0.355 e. The quantitative estimate of drug-likeness (QED) is 0.910. The standard InChI is InChI=1S/C15H16ClN3O2/c16-11-5-3-10(4-6-11)14-8-13(19-21-14)15(20)18-9-12-2-1-7-17-12/h3-6,8,12,17H,1-2,7,9H2,(H,18,20). The molecule has 1 aromatic heterocycles. The smallest absolute Gasteiger partial charge is 0.273 e. The van der Waals surface area contributed by atoms with Gasteiger partial charge in [-0.2, -0.15) is 0 Å². The van der Waals surface area contributed by atoms with Crippen LogP contribution in [0, 0.1) is 0 Å². The van der Waals surface area contributed by atoms with Gasteiger partial charge in [-0.3, -0.25) is 4.79 Å². The Balaban J connectivity index is 1.63. The van der Waals surface area contributed by atoms with Gasteiger partial charge in [0.1, 0.15) is 0 Å². The first-order chi connectivity index (χ1) is 10.2. The summed E-state index contributed by atoms with van der Waals surface area (Å²) in [6.07, 6.45) is 2.25. The van der Waals surface area contributed by atoms with Crippen LogP contribution in [0.3, 0.4) is 0 Å². The summed E-state index contributed by atoms with van der Waals surface area (Å²) in [5.74, 6) is 0.337. The van der Waals surface area contributed by atoms with Gasteiger partial charge in [0.2, 0.25) is 0 Å². The summed E-state index contributed by atoms with van der Waals surface area (Å²) >= 11 is 5.84. The fraction of sp³-hybridized carbons (Fsp3) is 0.333. The fourth-order valence-corrected chi connectivity index (χ4v) is 2.50. The van der Waals surface area contributed by atoms with Crippen molar-refractivity contribution in [3.8, 4) is 11.3 Å². The van der Waals surface area contributed by atoms with Crippen LogP contribution in [-0.4, -0.2) is 30.2 Å². The number of rotatable bonds is 4. The van der Waals surface area contributed by atoms with Gasteiger partial charge >= 0.3 is 0 Å². The molecule has 0 spiro atoms. The summed E-state index contributed by atoms with van der Waals surface area (Å²) in [6.45, 7) is 1.63. The Morgan fingerprint density at radius 2 is 2.24 bits per heavy atom. The molecule has 2 N–H and O–H groups in total. The highest BCUT2D eigenvalue weighted by Gasteiger charge is 2.17. The van der Waals surface area contributed by atoms with E-state index < -0.39 is 0 Å². The lowest BCUT2D eigenvalue weighted by Gasteiger charge is -2.09. The maximum atomic E-state index is 12.0. The van der Waals surface area contributed by atoms with E-state index in [1.807, 2.05) is 12.1 Å². The summed E-state index contributed by atoms with van der Waals surface area (Å²) < 4.78 is 5.21. The SMILES string of the molecule is O=C(NCC1CCCN1)c1cc(-c2ccc(Cl)cc2)on1. The second kappa shape index (κ2) is 6.28. The first-order valence-corrected chi connectivity index (χ1v) is 7.34. The van der Waals surface area contributed by atoms with Crippen LogP contribution >= 0.6 is 11.6 Å². The molecule has 1 fully saturated rings. The molecule has 1 atom stereocenters. The van der Waals surface area contributed by atoms with Gasteiger partial charge in [-0.25, -0.2) is 0 Å². The van der Waals surface area contributed by atoms with E-state index in [1.165, 1.54) is 0 Å². The molecule has 2 aromatic rings. The number of hydrogen-bond donors (Lipinski definition) is 2. The summed E-state index contributed by atoms with van der Waals surface area (Å²) in [5.41, 5.74) is 1.13. The summed E-state index contributed by atoms with van der Waals surface area (Å²) in [7, 11) is 0. The lowest BCUT2D eigenvalue weighted by atomic mass is 10.1. The van der Waals surface area contributed by atoms with Crippen molar-refractivity contribution in [1.29, 1.82) is 0 Å². The molecule has 1 aromatic carbocycles. The Bertz CT molecular complexity index is 618. The number of halogens is 1.